The average molecular weight is 237 g/mol. The van der Waals surface area contributed by atoms with E-state index < -0.39 is 0 Å². The van der Waals surface area contributed by atoms with Crippen molar-refractivity contribution in [2.75, 3.05) is 26.3 Å². The number of hydrogen-bond acceptors (Lipinski definition) is 3. The lowest BCUT2D eigenvalue weighted by atomic mass is 9.94. The highest BCUT2D eigenvalue weighted by Crippen LogP contribution is 2.24. The SMILES string of the molecule is CC(C)(C)c1ccc(C(=O)N2CCOCC2)o1. The Hall–Kier alpha value is -1.29. The number of nitrogens with zero attached hydrogens (tertiary/aromatic N) is 1. The van der Waals surface area contributed by atoms with E-state index in [1.165, 1.54) is 0 Å². The molecule has 1 aromatic heterocycles. The van der Waals surface area contributed by atoms with Gasteiger partial charge in [0.2, 0.25) is 0 Å². The molecule has 0 saturated carbocycles. The van der Waals surface area contributed by atoms with E-state index in [1.807, 2.05) is 6.07 Å². The van der Waals surface area contributed by atoms with Gasteiger partial charge in [-0.15, -0.1) is 0 Å². The van der Waals surface area contributed by atoms with Gasteiger partial charge in [-0.25, -0.2) is 0 Å². The van der Waals surface area contributed by atoms with Gasteiger partial charge >= 0.3 is 0 Å². The first-order valence-corrected chi connectivity index (χ1v) is 5.96. The second kappa shape index (κ2) is 4.53. The predicted octanol–water partition coefficient (Wildman–Crippen LogP) is 2.05. The molecule has 2 rings (SSSR count). The van der Waals surface area contributed by atoms with Crippen molar-refractivity contribution in [2.24, 2.45) is 0 Å². The quantitative estimate of drug-likeness (QED) is 0.750. The van der Waals surface area contributed by atoms with E-state index in [2.05, 4.69) is 20.8 Å². The number of ether oxygens (including phenoxy) is 1. The third-order valence-corrected chi connectivity index (χ3v) is 2.85. The minimum absolute atomic E-state index is 0.0381. The summed E-state index contributed by atoms with van der Waals surface area (Å²) in [4.78, 5) is 13.9. The van der Waals surface area contributed by atoms with Crippen LogP contribution >= 0.6 is 0 Å². The van der Waals surface area contributed by atoms with Gasteiger partial charge < -0.3 is 14.1 Å². The number of furan rings is 1. The fourth-order valence-corrected chi connectivity index (χ4v) is 1.78. The molecule has 0 bridgehead atoms. The smallest absolute Gasteiger partial charge is 0.289 e. The molecule has 4 heteroatoms. The minimum Gasteiger partial charge on any atom is -0.455 e. The molecule has 4 nitrogen and oxygen atoms in total. The van der Waals surface area contributed by atoms with Gasteiger partial charge in [-0.2, -0.15) is 0 Å². The molecular weight excluding hydrogens is 218 g/mol. The monoisotopic (exact) mass is 237 g/mol. The topological polar surface area (TPSA) is 42.7 Å². The molecule has 17 heavy (non-hydrogen) atoms. The lowest BCUT2D eigenvalue weighted by Crippen LogP contribution is -2.40. The van der Waals surface area contributed by atoms with Crippen molar-refractivity contribution in [2.45, 2.75) is 26.2 Å². The van der Waals surface area contributed by atoms with Crippen LogP contribution in [0.1, 0.15) is 37.1 Å². The van der Waals surface area contributed by atoms with Crippen LogP contribution in [0.3, 0.4) is 0 Å². The van der Waals surface area contributed by atoms with Crippen LogP contribution in [0, 0.1) is 0 Å². The zero-order chi connectivity index (χ0) is 12.5. The van der Waals surface area contributed by atoms with Crippen LogP contribution in [0.15, 0.2) is 16.5 Å². The summed E-state index contributed by atoms with van der Waals surface area (Å²) in [5, 5.41) is 0. The molecule has 0 aromatic carbocycles. The van der Waals surface area contributed by atoms with Crippen molar-refractivity contribution in [3.63, 3.8) is 0 Å². The van der Waals surface area contributed by atoms with Gasteiger partial charge in [0.1, 0.15) is 5.76 Å². The van der Waals surface area contributed by atoms with Crippen LogP contribution in [-0.2, 0) is 10.2 Å². The van der Waals surface area contributed by atoms with Crippen molar-refractivity contribution in [3.05, 3.63) is 23.7 Å². The molecule has 0 N–H and O–H groups in total. The van der Waals surface area contributed by atoms with Gasteiger partial charge in [0.25, 0.3) is 5.91 Å². The normalized spacial score (nSPS) is 17.2. The standard InChI is InChI=1S/C13H19NO3/c1-13(2,3)11-5-4-10(17-11)12(15)14-6-8-16-9-7-14/h4-5H,6-9H2,1-3H3. The van der Waals surface area contributed by atoms with E-state index in [-0.39, 0.29) is 11.3 Å². The van der Waals surface area contributed by atoms with Gasteiger partial charge in [0.15, 0.2) is 5.76 Å². The van der Waals surface area contributed by atoms with Crippen LogP contribution in [0.25, 0.3) is 0 Å². The highest BCUT2D eigenvalue weighted by molar-refractivity contribution is 5.91. The first-order valence-electron chi connectivity index (χ1n) is 5.96. The van der Waals surface area contributed by atoms with Gasteiger partial charge in [-0.3, -0.25) is 4.79 Å². The van der Waals surface area contributed by atoms with E-state index in [0.717, 1.165) is 5.76 Å². The van der Waals surface area contributed by atoms with E-state index in [4.69, 9.17) is 9.15 Å². The molecule has 0 unspecified atom stereocenters. The molecule has 1 fully saturated rings. The summed E-state index contributed by atoms with van der Waals surface area (Å²) in [5.41, 5.74) is -0.0659. The largest absolute Gasteiger partial charge is 0.455 e. The van der Waals surface area contributed by atoms with E-state index in [1.54, 1.807) is 11.0 Å². The second-order valence-corrected chi connectivity index (χ2v) is 5.32. The Bertz CT molecular complexity index is 397. The molecule has 0 radical (unpaired) electrons. The summed E-state index contributed by atoms with van der Waals surface area (Å²) in [6, 6.07) is 3.64. The van der Waals surface area contributed by atoms with E-state index in [9.17, 15) is 4.79 Å². The Kier molecular flexibility index (Phi) is 3.24. The molecule has 0 spiro atoms. The summed E-state index contributed by atoms with van der Waals surface area (Å²) in [5.74, 6) is 1.23. The molecule has 1 amide bonds. The van der Waals surface area contributed by atoms with Gasteiger partial charge in [0.05, 0.1) is 13.2 Å². The highest BCUT2D eigenvalue weighted by atomic mass is 16.5. The third-order valence-electron chi connectivity index (χ3n) is 2.85. The molecule has 1 aliphatic heterocycles. The maximum absolute atomic E-state index is 12.1. The predicted molar refractivity (Wildman–Crippen MR) is 64.1 cm³/mol. The van der Waals surface area contributed by atoms with Crippen molar-refractivity contribution in [3.8, 4) is 0 Å². The number of rotatable bonds is 1. The van der Waals surface area contributed by atoms with Crippen molar-refractivity contribution in [1.29, 1.82) is 0 Å². The van der Waals surface area contributed by atoms with Crippen molar-refractivity contribution in [1.82, 2.24) is 4.90 Å². The zero-order valence-electron chi connectivity index (χ0n) is 10.7. The molecule has 1 saturated heterocycles. The fraction of sp³-hybridized carbons (Fsp3) is 0.615. The number of morpholine rings is 1. The zero-order valence-corrected chi connectivity index (χ0v) is 10.7. The van der Waals surface area contributed by atoms with Gasteiger partial charge in [0, 0.05) is 18.5 Å². The summed E-state index contributed by atoms with van der Waals surface area (Å²) in [6.45, 7) is 8.70. The number of hydrogen-bond donors (Lipinski definition) is 0. The molecule has 0 atom stereocenters. The van der Waals surface area contributed by atoms with Gasteiger partial charge in [-0.1, -0.05) is 20.8 Å². The molecular formula is C13H19NO3. The molecule has 94 valence electrons. The van der Waals surface area contributed by atoms with Crippen LogP contribution in [0.4, 0.5) is 0 Å². The van der Waals surface area contributed by atoms with Crippen LogP contribution in [0.2, 0.25) is 0 Å². The number of amides is 1. The first kappa shape index (κ1) is 12.2. The first-order chi connectivity index (χ1) is 7.98. The summed E-state index contributed by atoms with van der Waals surface area (Å²) < 4.78 is 10.9. The third kappa shape index (κ3) is 2.69. The van der Waals surface area contributed by atoms with Crippen LogP contribution in [-0.4, -0.2) is 37.1 Å². The van der Waals surface area contributed by atoms with E-state index in [0.29, 0.717) is 32.1 Å². The lowest BCUT2D eigenvalue weighted by Gasteiger charge is -2.25. The lowest BCUT2D eigenvalue weighted by molar-refractivity contribution is 0.0281. The molecule has 2 heterocycles. The summed E-state index contributed by atoms with van der Waals surface area (Å²) in [6.07, 6.45) is 0. The molecule has 1 aromatic rings. The summed E-state index contributed by atoms with van der Waals surface area (Å²) in [7, 11) is 0. The van der Waals surface area contributed by atoms with E-state index >= 15 is 0 Å². The molecule has 1 aliphatic rings. The fourth-order valence-electron chi connectivity index (χ4n) is 1.78. The minimum atomic E-state index is -0.0659. The highest BCUT2D eigenvalue weighted by Gasteiger charge is 2.24. The molecule has 0 aliphatic carbocycles. The van der Waals surface area contributed by atoms with Gasteiger partial charge in [-0.05, 0) is 12.1 Å². The van der Waals surface area contributed by atoms with Crippen molar-refractivity contribution < 1.29 is 13.9 Å². The Morgan fingerprint density at radius 1 is 1.24 bits per heavy atom. The Morgan fingerprint density at radius 2 is 1.88 bits per heavy atom. The number of carbonyl (C=O) groups excluding carboxylic acids is 1. The van der Waals surface area contributed by atoms with Crippen molar-refractivity contribution >= 4 is 5.91 Å². The summed E-state index contributed by atoms with van der Waals surface area (Å²) >= 11 is 0. The van der Waals surface area contributed by atoms with Crippen LogP contribution < -0.4 is 0 Å². The maximum Gasteiger partial charge on any atom is 0.289 e. The van der Waals surface area contributed by atoms with Crippen LogP contribution in [0.5, 0.6) is 0 Å². The second-order valence-electron chi connectivity index (χ2n) is 5.32. The Morgan fingerprint density at radius 3 is 2.41 bits per heavy atom. The maximum atomic E-state index is 12.1. The number of carbonyl (C=O) groups is 1. The average Bonchev–Trinajstić information content (AvgIpc) is 2.78. The Labute approximate surface area is 102 Å². The Balaban J connectivity index is 2.11.